The second-order valence-electron chi connectivity index (χ2n) is 4.85. The second-order valence-corrected chi connectivity index (χ2v) is 4.85. The number of carbonyl (C=O) groups excluding carboxylic acids is 1. The van der Waals surface area contributed by atoms with E-state index >= 15 is 0 Å². The maximum atomic E-state index is 11.6. The van der Waals surface area contributed by atoms with Gasteiger partial charge in [0, 0.05) is 18.5 Å². The highest BCUT2D eigenvalue weighted by Gasteiger charge is 2.32. The predicted molar refractivity (Wildman–Crippen MR) is 70.6 cm³/mol. The van der Waals surface area contributed by atoms with Crippen LogP contribution in [0.3, 0.4) is 0 Å². The largest absolute Gasteiger partial charge is 0.396 e. The molecule has 1 atom stereocenters. The molecule has 0 aliphatic heterocycles. The highest BCUT2D eigenvalue weighted by molar-refractivity contribution is 5.81. The maximum absolute atomic E-state index is 11.6. The van der Waals surface area contributed by atoms with Gasteiger partial charge in [-0.25, -0.2) is 0 Å². The van der Waals surface area contributed by atoms with Gasteiger partial charge in [0.2, 0.25) is 5.91 Å². The van der Waals surface area contributed by atoms with Crippen molar-refractivity contribution in [2.45, 2.75) is 20.0 Å². The van der Waals surface area contributed by atoms with E-state index in [1.807, 2.05) is 0 Å². The number of ether oxygens (including phenoxy) is 2. The van der Waals surface area contributed by atoms with Crippen molar-refractivity contribution in [1.29, 1.82) is 0 Å². The summed E-state index contributed by atoms with van der Waals surface area (Å²) in [5, 5.41) is 21.3. The smallest absolute Gasteiger partial charge is 0.249 e. The third-order valence-corrected chi connectivity index (χ3v) is 2.58. The minimum Gasteiger partial charge on any atom is -0.396 e. The molecule has 0 aliphatic rings. The van der Waals surface area contributed by atoms with Gasteiger partial charge in [0.25, 0.3) is 0 Å². The van der Waals surface area contributed by atoms with Crippen LogP contribution in [0.2, 0.25) is 0 Å². The number of nitrogens with two attached hydrogens (primary N) is 1. The number of rotatable bonds is 11. The van der Waals surface area contributed by atoms with E-state index in [1.54, 1.807) is 13.8 Å². The summed E-state index contributed by atoms with van der Waals surface area (Å²) in [6, 6.07) is 0. The lowest BCUT2D eigenvalue weighted by molar-refractivity contribution is -0.137. The summed E-state index contributed by atoms with van der Waals surface area (Å²) in [6.07, 6.45) is -1.25. The SMILES string of the molecule is CC(C)(CO)[C@@H](O)C(=O)NCCOCCOCCN. The predicted octanol–water partition coefficient (Wildman–Crippen LogP) is -1.53. The number of aliphatic hydroxyl groups excluding tert-OH is 2. The minimum absolute atomic E-state index is 0.267. The molecule has 0 fully saturated rings. The average Bonchev–Trinajstić information content (AvgIpc) is 2.40. The topological polar surface area (TPSA) is 114 Å². The number of hydrogen-bond donors (Lipinski definition) is 4. The molecular weight excluding hydrogens is 252 g/mol. The van der Waals surface area contributed by atoms with Crippen LogP contribution in [0.5, 0.6) is 0 Å². The fourth-order valence-corrected chi connectivity index (χ4v) is 1.19. The van der Waals surface area contributed by atoms with Crippen LogP contribution in [-0.2, 0) is 14.3 Å². The maximum Gasteiger partial charge on any atom is 0.249 e. The van der Waals surface area contributed by atoms with Crippen LogP contribution in [0.4, 0.5) is 0 Å². The van der Waals surface area contributed by atoms with Gasteiger partial charge in [-0.3, -0.25) is 4.79 Å². The van der Waals surface area contributed by atoms with Gasteiger partial charge < -0.3 is 30.7 Å². The van der Waals surface area contributed by atoms with Gasteiger partial charge in [-0.1, -0.05) is 13.8 Å². The molecular formula is C12H26N2O5. The molecule has 0 aliphatic carbocycles. The number of amides is 1. The zero-order valence-electron chi connectivity index (χ0n) is 11.7. The molecule has 0 saturated carbocycles. The fraction of sp³-hybridized carbons (Fsp3) is 0.917. The summed E-state index contributed by atoms with van der Waals surface area (Å²) in [7, 11) is 0. The average molecular weight is 278 g/mol. The van der Waals surface area contributed by atoms with Crippen molar-refractivity contribution in [3.63, 3.8) is 0 Å². The van der Waals surface area contributed by atoms with Crippen LogP contribution in [0.25, 0.3) is 0 Å². The Hall–Kier alpha value is -0.730. The van der Waals surface area contributed by atoms with Crippen molar-refractivity contribution in [3.05, 3.63) is 0 Å². The molecule has 5 N–H and O–H groups in total. The monoisotopic (exact) mass is 278 g/mol. The molecule has 0 aromatic heterocycles. The standard InChI is InChI=1S/C12H26N2O5/c1-12(2,9-15)10(16)11(17)14-4-6-19-8-7-18-5-3-13/h10,15-16H,3-9,13H2,1-2H3,(H,14,17)/t10-/m0/s1. The van der Waals surface area contributed by atoms with Crippen LogP contribution in [-0.4, -0.2) is 68.3 Å². The first-order chi connectivity index (χ1) is 8.95. The van der Waals surface area contributed by atoms with E-state index in [9.17, 15) is 9.90 Å². The first-order valence-electron chi connectivity index (χ1n) is 6.38. The molecule has 0 radical (unpaired) electrons. The quantitative estimate of drug-likeness (QED) is 0.341. The van der Waals surface area contributed by atoms with Gasteiger partial charge in [0.05, 0.1) is 33.0 Å². The van der Waals surface area contributed by atoms with Crippen LogP contribution < -0.4 is 11.1 Å². The summed E-state index contributed by atoms with van der Waals surface area (Å²) < 4.78 is 10.3. The van der Waals surface area contributed by atoms with Gasteiger partial charge >= 0.3 is 0 Å². The third-order valence-electron chi connectivity index (χ3n) is 2.58. The Morgan fingerprint density at radius 1 is 1.26 bits per heavy atom. The molecule has 7 heteroatoms. The first kappa shape index (κ1) is 18.3. The first-order valence-corrected chi connectivity index (χ1v) is 6.38. The van der Waals surface area contributed by atoms with Gasteiger partial charge in [-0.15, -0.1) is 0 Å². The van der Waals surface area contributed by atoms with Crippen molar-refractivity contribution in [2.24, 2.45) is 11.1 Å². The normalized spacial score (nSPS) is 13.3. The molecule has 0 spiro atoms. The van der Waals surface area contributed by atoms with Crippen molar-refractivity contribution in [2.75, 3.05) is 46.1 Å². The van der Waals surface area contributed by atoms with Crippen LogP contribution in [0, 0.1) is 5.41 Å². The van der Waals surface area contributed by atoms with E-state index in [0.717, 1.165) is 0 Å². The Balaban J connectivity index is 3.59. The van der Waals surface area contributed by atoms with E-state index in [1.165, 1.54) is 0 Å². The Kier molecular flexibility index (Phi) is 9.72. The van der Waals surface area contributed by atoms with Crippen molar-refractivity contribution in [3.8, 4) is 0 Å². The van der Waals surface area contributed by atoms with E-state index in [-0.39, 0.29) is 6.61 Å². The molecule has 114 valence electrons. The van der Waals surface area contributed by atoms with Crippen LogP contribution in [0.15, 0.2) is 0 Å². The van der Waals surface area contributed by atoms with Crippen molar-refractivity contribution >= 4 is 5.91 Å². The highest BCUT2D eigenvalue weighted by Crippen LogP contribution is 2.19. The van der Waals surface area contributed by atoms with E-state index in [0.29, 0.717) is 39.5 Å². The Bertz CT molecular complexity index is 248. The lowest BCUT2D eigenvalue weighted by Crippen LogP contribution is -2.46. The van der Waals surface area contributed by atoms with Crippen LogP contribution >= 0.6 is 0 Å². The summed E-state index contributed by atoms with van der Waals surface area (Å²) in [6.45, 7) is 5.48. The van der Waals surface area contributed by atoms with Gasteiger partial charge in [-0.2, -0.15) is 0 Å². The zero-order valence-corrected chi connectivity index (χ0v) is 11.7. The lowest BCUT2D eigenvalue weighted by Gasteiger charge is -2.27. The molecule has 0 saturated heterocycles. The molecule has 0 aromatic carbocycles. The summed E-state index contributed by atoms with van der Waals surface area (Å²) in [5.41, 5.74) is 4.38. The third kappa shape index (κ3) is 8.12. The van der Waals surface area contributed by atoms with Gasteiger partial charge in [0.1, 0.15) is 6.10 Å². The number of aliphatic hydroxyl groups is 2. The summed E-state index contributed by atoms with van der Waals surface area (Å²) >= 11 is 0. The lowest BCUT2D eigenvalue weighted by atomic mass is 9.87. The zero-order chi connectivity index (χ0) is 14.7. The van der Waals surface area contributed by atoms with Crippen LogP contribution in [0.1, 0.15) is 13.8 Å². The van der Waals surface area contributed by atoms with Crippen molar-refractivity contribution in [1.82, 2.24) is 5.32 Å². The molecule has 7 nitrogen and oxygen atoms in total. The minimum atomic E-state index is -1.25. The fourth-order valence-electron chi connectivity index (χ4n) is 1.19. The molecule has 0 unspecified atom stereocenters. The molecule has 0 heterocycles. The number of nitrogens with one attached hydrogen (secondary N) is 1. The Morgan fingerprint density at radius 3 is 2.37 bits per heavy atom. The van der Waals surface area contributed by atoms with E-state index in [2.05, 4.69) is 5.32 Å². The van der Waals surface area contributed by atoms with Gasteiger partial charge in [-0.05, 0) is 0 Å². The number of carbonyl (C=O) groups is 1. The van der Waals surface area contributed by atoms with E-state index < -0.39 is 17.4 Å². The Morgan fingerprint density at radius 2 is 1.84 bits per heavy atom. The Labute approximate surface area is 114 Å². The molecule has 0 aromatic rings. The summed E-state index contributed by atoms with van der Waals surface area (Å²) in [5.74, 6) is -0.512. The highest BCUT2D eigenvalue weighted by atomic mass is 16.5. The van der Waals surface area contributed by atoms with Crippen molar-refractivity contribution < 1.29 is 24.5 Å². The van der Waals surface area contributed by atoms with Gasteiger partial charge in [0.15, 0.2) is 0 Å². The van der Waals surface area contributed by atoms with E-state index in [4.69, 9.17) is 20.3 Å². The molecule has 19 heavy (non-hydrogen) atoms. The summed E-state index contributed by atoms with van der Waals surface area (Å²) in [4.78, 5) is 11.6. The number of hydrogen-bond acceptors (Lipinski definition) is 6. The molecule has 1 amide bonds. The molecule has 0 bridgehead atoms. The second kappa shape index (κ2) is 10.1. The molecule has 0 rings (SSSR count).